The Kier molecular flexibility index (Phi) is 5.99. The summed E-state index contributed by atoms with van der Waals surface area (Å²) in [5, 5.41) is 0. The molecule has 1 unspecified atom stereocenters. The van der Waals surface area contributed by atoms with Gasteiger partial charge in [0.1, 0.15) is 5.75 Å². The monoisotopic (exact) mass is 376 g/mol. The molecule has 0 radical (unpaired) electrons. The van der Waals surface area contributed by atoms with Crippen LogP contribution >= 0.6 is 0 Å². The molecule has 138 valence electrons. The van der Waals surface area contributed by atoms with Crippen molar-refractivity contribution < 1.29 is 22.7 Å². The van der Waals surface area contributed by atoms with Crippen molar-refractivity contribution in [2.75, 3.05) is 6.26 Å². The molecule has 8 heteroatoms. The molecular formula is C18H20N2O5S. The summed E-state index contributed by atoms with van der Waals surface area (Å²) in [7, 11) is -3.33. The molecule has 0 aliphatic rings. The van der Waals surface area contributed by atoms with Gasteiger partial charge in [0.05, 0.1) is 4.90 Å². The van der Waals surface area contributed by atoms with Crippen LogP contribution in [0.2, 0.25) is 0 Å². The van der Waals surface area contributed by atoms with Gasteiger partial charge in [0.15, 0.2) is 15.9 Å². The largest absolute Gasteiger partial charge is 0.481 e. The summed E-state index contributed by atoms with van der Waals surface area (Å²) in [6.07, 6.45) is 0.266. The first-order chi connectivity index (χ1) is 12.2. The number of amides is 2. The summed E-state index contributed by atoms with van der Waals surface area (Å²) < 4.78 is 28.3. The van der Waals surface area contributed by atoms with Gasteiger partial charge in [-0.3, -0.25) is 20.4 Å². The molecule has 0 spiro atoms. The van der Waals surface area contributed by atoms with Crippen molar-refractivity contribution in [2.45, 2.75) is 24.8 Å². The Morgan fingerprint density at radius 2 is 1.69 bits per heavy atom. The zero-order valence-corrected chi connectivity index (χ0v) is 15.5. The average molecular weight is 376 g/mol. The van der Waals surface area contributed by atoms with Gasteiger partial charge in [-0.15, -0.1) is 0 Å². The number of carbonyl (C=O) groups excluding carboxylic acids is 2. The minimum Gasteiger partial charge on any atom is -0.481 e. The molecule has 0 aromatic heterocycles. The lowest BCUT2D eigenvalue weighted by Gasteiger charge is -2.15. The van der Waals surface area contributed by atoms with E-state index in [1.165, 1.54) is 24.3 Å². The number of aryl methyl sites for hydroxylation is 1. The van der Waals surface area contributed by atoms with Crippen molar-refractivity contribution in [1.29, 1.82) is 0 Å². The number of hydrogen-bond acceptors (Lipinski definition) is 5. The summed E-state index contributed by atoms with van der Waals surface area (Å²) in [6.45, 7) is 3.47. The van der Waals surface area contributed by atoms with Gasteiger partial charge in [-0.2, -0.15) is 0 Å². The van der Waals surface area contributed by atoms with E-state index >= 15 is 0 Å². The van der Waals surface area contributed by atoms with E-state index in [9.17, 15) is 18.0 Å². The van der Waals surface area contributed by atoms with E-state index in [0.717, 1.165) is 11.8 Å². The Labute approximate surface area is 152 Å². The van der Waals surface area contributed by atoms with E-state index in [1.807, 2.05) is 19.1 Å². The van der Waals surface area contributed by atoms with Gasteiger partial charge >= 0.3 is 0 Å². The van der Waals surface area contributed by atoms with E-state index in [4.69, 9.17) is 4.74 Å². The van der Waals surface area contributed by atoms with Gasteiger partial charge in [0.25, 0.3) is 11.8 Å². The first-order valence-electron chi connectivity index (χ1n) is 7.80. The van der Waals surface area contributed by atoms with Crippen molar-refractivity contribution in [1.82, 2.24) is 10.9 Å². The first-order valence-corrected chi connectivity index (χ1v) is 9.69. The molecule has 0 fully saturated rings. The van der Waals surface area contributed by atoms with Crippen LogP contribution in [0.1, 0.15) is 22.8 Å². The normalized spacial score (nSPS) is 12.1. The predicted octanol–water partition coefficient (Wildman–Crippen LogP) is 1.63. The topological polar surface area (TPSA) is 102 Å². The summed E-state index contributed by atoms with van der Waals surface area (Å²) >= 11 is 0. The summed E-state index contributed by atoms with van der Waals surface area (Å²) in [5.74, 6) is -0.538. The number of hydrogen-bond donors (Lipinski definition) is 2. The minimum absolute atomic E-state index is 0.110. The highest BCUT2D eigenvalue weighted by atomic mass is 32.2. The zero-order valence-electron chi connectivity index (χ0n) is 14.6. The Morgan fingerprint density at radius 1 is 1.04 bits per heavy atom. The van der Waals surface area contributed by atoms with Crippen molar-refractivity contribution in [3.05, 3.63) is 59.7 Å². The Balaban J connectivity index is 1.90. The third kappa shape index (κ3) is 5.32. The van der Waals surface area contributed by atoms with Crippen LogP contribution in [-0.4, -0.2) is 32.6 Å². The Bertz CT molecular complexity index is 907. The lowest BCUT2D eigenvalue weighted by molar-refractivity contribution is -0.128. The van der Waals surface area contributed by atoms with Crippen LogP contribution in [-0.2, 0) is 14.6 Å². The predicted molar refractivity (Wildman–Crippen MR) is 96.4 cm³/mol. The summed E-state index contributed by atoms with van der Waals surface area (Å²) in [4.78, 5) is 24.2. The number of nitrogens with one attached hydrogen (secondary N) is 2. The van der Waals surface area contributed by atoms with E-state index in [1.54, 1.807) is 19.1 Å². The molecule has 2 N–H and O–H groups in total. The fourth-order valence-electron chi connectivity index (χ4n) is 2.09. The van der Waals surface area contributed by atoms with Crippen LogP contribution in [0.4, 0.5) is 0 Å². The van der Waals surface area contributed by atoms with Crippen LogP contribution in [0.5, 0.6) is 5.75 Å². The van der Waals surface area contributed by atoms with Crippen LogP contribution in [0, 0.1) is 6.92 Å². The van der Waals surface area contributed by atoms with Crippen LogP contribution in [0.25, 0.3) is 0 Å². The lowest BCUT2D eigenvalue weighted by Crippen LogP contribution is -2.47. The van der Waals surface area contributed by atoms with Gasteiger partial charge in [-0.05, 0) is 55.8 Å². The molecule has 2 amide bonds. The van der Waals surface area contributed by atoms with E-state index in [0.29, 0.717) is 5.75 Å². The second kappa shape index (κ2) is 8.01. The first kappa shape index (κ1) is 19.5. The molecule has 0 saturated carbocycles. The van der Waals surface area contributed by atoms with Crippen LogP contribution in [0.3, 0.4) is 0 Å². The van der Waals surface area contributed by atoms with Crippen molar-refractivity contribution in [2.24, 2.45) is 0 Å². The second-order valence-corrected chi connectivity index (χ2v) is 7.83. The van der Waals surface area contributed by atoms with Crippen molar-refractivity contribution >= 4 is 21.7 Å². The van der Waals surface area contributed by atoms with E-state index in [2.05, 4.69) is 10.9 Å². The molecule has 0 saturated heterocycles. The third-order valence-electron chi connectivity index (χ3n) is 3.52. The van der Waals surface area contributed by atoms with Crippen molar-refractivity contribution in [3.63, 3.8) is 0 Å². The van der Waals surface area contributed by atoms with Gasteiger partial charge in [0.2, 0.25) is 0 Å². The third-order valence-corrected chi connectivity index (χ3v) is 4.64. The molecule has 2 aromatic carbocycles. The van der Waals surface area contributed by atoms with Crippen LogP contribution in [0.15, 0.2) is 53.4 Å². The number of carbonyl (C=O) groups is 2. The maximum Gasteiger partial charge on any atom is 0.279 e. The Hall–Kier alpha value is -2.87. The number of benzene rings is 2. The molecule has 2 rings (SSSR count). The standard InChI is InChI=1S/C18H20N2O5S/c1-12-5-4-6-15(11-12)25-13(2)17(21)19-20-18(22)14-7-9-16(10-8-14)26(3,23)24/h4-11,13H,1-3H3,(H,19,21)(H,20,22). The molecular weight excluding hydrogens is 356 g/mol. The number of sulfone groups is 1. The fourth-order valence-corrected chi connectivity index (χ4v) is 2.72. The maximum absolute atomic E-state index is 12.0. The van der Waals surface area contributed by atoms with E-state index in [-0.39, 0.29) is 10.5 Å². The number of rotatable bonds is 5. The smallest absolute Gasteiger partial charge is 0.279 e. The second-order valence-electron chi connectivity index (χ2n) is 5.82. The van der Waals surface area contributed by atoms with Crippen LogP contribution < -0.4 is 15.6 Å². The highest BCUT2D eigenvalue weighted by Gasteiger charge is 2.16. The Morgan fingerprint density at radius 3 is 2.27 bits per heavy atom. The molecule has 0 heterocycles. The summed E-state index contributed by atoms with van der Waals surface area (Å²) in [6, 6.07) is 12.6. The summed E-state index contributed by atoms with van der Waals surface area (Å²) in [5.41, 5.74) is 5.76. The van der Waals surface area contributed by atoms with Gasteiger partial charge in [0, 0.05) is 11.8 Å². The molecule has 26 heavy (non-hydrogen) atoms. The SMILES string of the molecule is Cc1cccc(OC(C)C(=O)NNC(=O)c2ccc(S(C)(=O)=O)cc2)c1. The molecule has 7 nitrogen and oxygen atoms in total. The maximum atomic E-state index is 12.0. The van der Waals surface area contributed by atoms with Gasteiger partial charge in [-0.1, -0.05) is 12.1 Å². The fraction of sp³-hybridized carbons (Fsp3) is 0.222. The number of hydrazine groups is 1. The highest BCUT2D eigenvalue weighted by Crippen LogP contribution is 2.14. The quantitative estimate of drug-likeness (QED) is 0.773. The average Bonchev–Trinajstić information content (AvgIpc) is 2.58. The lowest BCUT2D eigenvalue weighted by atomic mass is 10.2. The zero-order chi connectivity index (χ0) is 19.3. The molecule has 1 atom stereocenters. The van der Waals surface area contributed by atoms with E-state index < -0.39 is 27.8 Å². The molecule has 0 bridgehead atoms. The molecule has 0 aliphatic carbocycles. The van der Waals surface area contributed by atoms with Gasteiger partial charge in [-0.25, -0.2) is 8.42 Å². The van der Waals surface area contributed by atoms with Gasteiger partial charge < -0.3 is 4.74 Å². The number of ether oxygens (including phenoxy) is 1. The highest BCUT2D eigenvalue weighted by molar-refractivity contribution is 7.90. The molecule has 0 aliphatic heterocycles. The molecule has 2 aromatic rings. The van der Waals surface area contributed by atoms with Crippen molar-refractivity contribution in [3.8, 4) is 5.75 Å². The minimum atomic E-state index is -3.33.